The Kier molecular flexibility index (Phi) is 9.07. The van der Waals surface area contributed by atoms with Crippen molar-refractivity contribution in [2.45, 2.75) is 58.8 Å². The second kappa shape index (κ2) is 9.50. The van der Waals surface area contributed by atoms with Crippen molar-refractivity contribution in [1.82, 2.24) is 0 Å². The summed E-state index contributed by atoms with van der Waals surface area (Å²) in [6.45, 7) is 3.74. The summed E-state index contributed by atoms with van der Waals surface area (Å²) in [5.74, 6) is 0.328. The van der Waals surface area contributed by atoms with E-state index in [1.54, 1.807) is 6.92 Å². The standard InChI is InChI=1S/C12H22O/c1-3-4-5-6-7-8-9-10-11-12(2)13/h3-4H,5-11H2,1-2H3/b4-3-. The summed E-state index contributed by atoms with van der Waals surface area (Å²) in [5.41, 5.74) is 0. The van der Waals surface area contributed by atoms with Gasteiger partial charge in [-0.2, -0.15) is 0 Å². The molecule has 0 aromatic heterocycles. The van der Waals surface area contributed by atoms with Gasteiger partial charge in [0.2, 0.25) is 0 Å². The van der Waals surface area contributed by atoms with Crippen molar-refractivity contribution in [3.05, 3.63) is 12.2 Å². The van der Waals surface area contributed by atoms with Gasteiger partial charge in [-0.25, -0.2) is 0 Å². The Bertz CT molecular complexity index is 147. The first-order chi connectivity index (χ1) is 6.27. The van der Waals surface area contributed by atoms with E-state index in [-0.39, 0.29) is 0 Å². The van der Waals surface area contributed by atoms with E-state index in [0.717, 1.165) is 12.8 Å². The Morgan fingerprint density at radius 3 is 2.31 bits per heavy atom. The fourth-order valence-electron chi connectivity index (χ4n) is 1.33. The van der Waals surface area contributed by atoms with Crippen LogP contribution in [0, 0.1) is 0 Å². The maximum Gasteiger partial charge on any atom is 0.129 e. The van der Waals surface area contributed by atoms with Crippen LogP contribution in [0.3, 0.4) is 0 Å². The van der Waals surface area contributed by atoms with Crippen LogP contribution in [0.4, 0.5) is 0 Å². The molecule has 0 aliphatic heterocycles. The molecule has 0 aromatic rings. The van der Waals surface area contributed by atoms with Crippen molar-refractivity contribution in [2.24, 2.45) is 0 Å². The Balaban J connectivity index is 2.95. The van der Waals surface area contributed by atoms with Crippen LogP contribution in [-0.4, -0.2) is 5.78 Å². The van der Waals surface area contributed by atoms with E-state index in [0.29, 0.717) is 5.78 Å². The summed E-state index contributed by atoms with van der Waals surface area (Å²) in [6.07, 6.45) is 12.5. The second-order valence-electron chi connectivity index (χ2n) is 3.58. The predicted octanol–water partition coefficient (Wildman–Crippen LogP) is 3.88. The predicted molar refractivity (Wildman–Crippen MR) is 57.8 cm³/mol. The first kappa shape index (κ1) is 12.4. The van der Waals surface area contributed by atoms with E-state index < -0.39 is 0 Å². The van der Waals surface area contributed by atoms with Crippen LogP contribution in [0.2, 0.25) is 0 Å². The molecule has 0 unspecified atom stereocenters. The van der Waals surface area contributed by atoms with Gasteiger partial charge in [0.05, 0.1) is 0 Å². The highest BCUT2D eigenvalue weighted by Gasteiger charge is 1.93. The number of allylic oxidation sites excluding steroid dienone is 2. The Labute approximate surface area is 82.2 Å². The summed E-state index contributed by atoms with van der Waals surface area (Å²) in [4.78, 5) is 10.6. The van der Waals surface area contributed by atoms with Crippen molar-refractivity contribution in [2.75, 3.05) is 0 Å². The molecule has 0 aromatic carbocycles. The van der Waals surface area contributed by atoms with E-state index in [2.05, 4.69) is 19.1 Å². The molecule has 0 aliphatic carbocycles. The van der Waals surface area contributed by atoms with Gasteiger partial charge in [0.25, 0.3) is 0 Å². The van der Waals surface area contributed by atoms with Crippen LogP contribution in [0.5, 0.6) is 0 Å². The molecule has 0 aliphatic rings. The number of carbonyl (C=O) groups excluding carboxylic acids is 1. The molecule has 0 saturated heterocycles. The minimum Gasteiger partial charge on any atom is -0.300 e. The highest BCUT2D eigenvalue weighted by Crippen LogP contribution is 2.07. The molecule has 0 heterocycles. The maximum atomic E-state index is 10.6. The van der Waals surface area contributed by atoms with E-state index in [9.17, 15) is 4.79 Å². The Morgan fingerprint density at radius 1 is 1.08 bits per heavy atom. The molecule has 1 nitrogen and oxygen atoms in total. The van der Waals surface area contributed by atoms with Gasteiger partial charge < -0.3 is 4.79 Å². The molecular weight excluding hydrogens is 160 g/mol. The third-order valence-electron chi connectivity index (χ3n) is 2.14. The minimum absolute atomic E-state index is 0.328. The van der Waals surface area contributed by atoms with Gasteiger partial charge in [0.1, 0.15) is 5.78 Å². The van der Waals surface area contributed by atoms with Gasteiger partial charge in [-0.1, -0.05) is 31.4 Å². The zero-order valence-electron chi connectivity index (χ0n) is 9.01. The van der Waals surface area contributed by atoms with E-state index >= 15 is 0 Å². The summed E-state index contributed by atoms with van der Waals surface area (Å²) in [5, 5.41) is 0. The summed E-state index contributed by atoms with van der Waals surface area (Å²) in [6, 6.07) is 0. The number of carbonyl (C=O) groups is 1. The van der Waals surface area contributed by atoms with Gasteiger partial charge in [-0.05, 0) is 33.1 Å². The van der Waals surface area contributed by atoms with Crippen LogP contribution < -0.4 is 0 Å². The van der Waals surface area contributed by atoms with Gasteiger partial charge in [-0.15, -0.1) is 0 Å². The zero-order valence-corrected chi connectivity index (χ0v) is 9.01. The van der Waals surface area contributed by atoms with Crippen molar-refractivity contribution < 1.29 is 4.79 Å². The van der Waals surface area contributed by atoms with Gasteiger partial charge in [0.15, 0.2) is 0 Å². The quantitative estimate of drug-likeness (QED) is 0.411. The lowest BCUT2D eigenvalue weighted by molar-refractivity contribution is -0.117. The molecule has 0 bridgehead atoms. The lowest BCUT2D eigenvalue weighted by Crippen LogP contribution is -1.89. The van der Waals surface area contributed by atoms with Crippen molar-refractivity contribution >= 4 is 5.78 Å². The smallest absolute Gasteiger partial charge is 0.129 e. The van der Waals surface area contributed by atoms with Crippen molar-refractivity contribution in [3.63, 3.8) is 0 Å². The molecule has 0 N–H and O–H groups in total. The SMILES string of the molecule is C/C=C\CCCCCCCC(C)=O. The third kappa shape index (κ3) is 11.4. The lowest BCUT2D eigenvalue weighted by Gasteiger charge is -1.98. The highest BCUT2D eigenvalue weighted by atomic mass is 16.1. The summed E-state index contributed by atoms with van der Waals surface area (Å²) >= 11 is 0. The molecule has 0 saturated carbocycles. The fraction of sp³-hybridized carbons (Fsp3) is 0.750. The fourth-order valence-corrected chi connectivity index (χ4v) is 1.33. The van der Waals surface area contributed by atoms with E-state index in [4.69, 9.17) is 0 Å². The third-order valence-corrected chi connectivity index (χ3v) is 2.14. The minimum atomic E-state index is 0.328. The molecule has 0 amide bonds. The zero-order chi connectivity index (χ0) is 9.94. The summed E-state index contributed by atoms with van der Waals surface area (Å²) in [7, 11) is 0. The second-order valence-corrected chi connectivity index (χ2v) is 3.58. The normalized spacial score (nSPS) is 10.9. The number of hydrogen-bond donors (Lipinski definition) is 0. The van der Waals surface area contributed by atoms with Crippen LogP contribution in [0.15, 0.2) is 12.2 Å². The topological polar surface area (TPSA) is 17.1 Å². The maximum absolute atomic E-state index is 10.6. The van der Waals surface area contributed by atoms with Crippen LogP contribution >= 0.6 is 0 Å². The van der Waals surface area contributed by atoms with Crippen molar-refractivity contribution in [3.8, 4) is 0 Å². The molecule has 0 atom stereocenters. The molecule has 0 rings (SSSR count). The molecule has 0 fully saturated rings. The summed E-state index contributed by atoms with van der Waals surface area (Å²) < 4.78 is 0. The first-order valence-corrected chi connectivity index (χ1v) is 5.38. The van der Waals surface area contributed by atoms with Crippen LogP contribution in [-0.2, 0) is 4.79 Å². The number of Topliss-reactive ketones (excluding diaryl/α,β-unsaturated/α-hetero) is 1. The number of unbranched alkanes of at least 4 members (excludes halogenated alkanes) is 5. The first-order valence-electron chi connectivity index (χ1n) is 5.38. The molecule has 13 heavy (non-hydrogen) atoms. The molecule has 0 spiro atoms. The van der Waals surface area contributed by atoms with E-state index in [1.807, 2.05) is 0 Å². The van der Waals surface area contributed by atoms with Crippen LogP contribution in [0.1, 0.15) is 58.8 Å². The average molecular weight is 182 g/mol. The monoisotopic (exact) mass is 182 g/mol. The highest BCUT2D eigenvalue weighted by molar-refractivity contribution is 5.75. The van der Waals surface area contributed by atoms with Crippen LogP contribution in [0.25, 0.3) is 0 Å². The molecule has 1 heteroatoms. The number of hydrogen-bond acceptors (Lipinski definition) is 1. The molecular formula is C12H22O. The average Bonchev–Trinajstić information content (AvgIpc) is 2.09. The largest absolute Gasteiger partial charge is 0.300 e. The molecule has 76 valence electrons. The van der Waals surface area contributed by atoms with Gasteiger partial charge >= 0.3 is 0 Å². The Hall–Kier alpha value is -0.590. The number of rotatable bonds is 8. The van der Waals surface area contributed by atoms with Crippen molar-refractivity contribution in [1.29, 1.82) is 0 Å². The van der Waals surface area contributed by atoms with Gasteiger partial charge in [0, 0.05) is 6.42 Å². The molecule has 0 radical (unpaired) electrons. The van der Waals surface area contributed by atoms with E-state index in [1.165, 1.54) is 32.1 Å². The number of ketones is 1. The van der Waals surface area contributed by atoms with Gasteiger partial charge in [-0.3, -0.25) is 0 Å². The Morgan fingerprint density at radius 2 is 1.69 bits per heavy atom. The lowest BCUT2D eigenvalue weighted by atomic mass is 10.1.